The molecule has 0 saturated carbocycles. The lowest BCUT2D eigenvalue weighted by Gasteiger charge is -2.38. The average Bonchev–Trinajstić information content (AvgIpc) is 3.24. The van der Waals surface area contributed by atoms with Gasteiger partial charge in [0.25, 0.3) is 5.89 Å². The summed E-state index contributed by atoms with van der Waals surface area (Å²) in [6.45, 7) is 6.49. The van der Waals surface area contributed by atoms with Crippen molar-refractivity contribution in [3.8, 4) is 0 Å². The first-order chi connectivity index (χ1) is 11.9. The van der Waals surface area contributed by atoms with Gasteiger partial charge in [0.15, 0.2) is 5.82 Å². The molecule has 3 aliphatic heterocycles. The Bertz CT molecular complexity index is 619. The number of ether oxygens (including phenoxy) is 2. The van der Waals surface area contributed by atoms with Crippen LogP contribution in [0.5, 0.6) is 0 Å². The quantitative estimate of drug-likeness (QED) is 0.812. The van der Waals surface area contributed by atoms with E-state index in [1.165, 1.54) is 0 Å². The van der Waals surface area contributed by atoms with Crippen molar-refractivity contribution in [3.63, 3.8) is 0 Å². The minimum absolute atomic E-state index is 0.0418. The fourth-order valence-corrected chi connectivity index (χ4v) is 4.32. The van der Waals surface area contributed by atoms with E-state index in [1.807, 2.05) is 25.7 Å². The standard InChI is InChI=1S/C18H27N3O4/c1-18(2,3)24-17(22)21-12-6-7-13(21)10-11(9-12)15-19-16(25-20-15)14-5-4-8-23-14/h11-14H,4-10H2,1-3H3. The first-order valence-corrected chi connectivity index (χ1v) is 9.37. The number of aromatic nitrogens is 2. The second kappa shape index (κ2) is 6.27. The van der Waals surface area contributed by atoms with Gasteiger partial charge >= 0.3 is 6.09 Å². The number of nitrogens with zero attached hydrogens (tertiary/aromatic N) is 3. The van der Waals surface area contributed by atoms with Gasteiger partial charge in [0, 0.05) is 24.6 Å². The van der Waals surface area contributed by atoms with Crippen molar-refractivity contribution in [2.45, 2.75) is 89.0 Å². The predicted octanol–water partition coefficient (Wildman–Crippen LogP) is 3.57. The second-order valence-corrected chi connectivity index (χ2v) is 8.43. The molecule has 7 nitrogen and oxygen atoms in total. The van der Waals surface area contributed by atoms with Crippen LogP contribution in [0.25, 0.3) is 0 Å². The van der Waals surface area contributed by atoms with Gasteiger partial charge in [-0.25, -0.2) is 4.79 Å². The van der Waals surface area contributed by atoms with Crippen molar-refractivity contribution in [2.24, 2.45) is 0 Å². The molecule has 3 aliphatic rings. The van der Waals surface area contributed by atoms with Gasteiger partial charge in [-0.05, 0) is 59.3 Å². The van der Waals surface area contributed by atoms with Gasteiger partial charge in [-0.1, -0.05) is 5.16 Å². The SMILES string of the molecule is CC(C)(C)OC(=O)N1C2CCC1CC(c1noc(C3CCCO3)n1)C2. The molecule has 3 unspecified atom stereocenters. The zero-order chi connectivity index (χ0) is 17.6. The molecule has 4 rings (SSSR count). The highest BCUT2D eigenvalue weighted by atomic mass is 16.6. The van der Waals surface area contributed by atoms with Crippen LogP contribution in [0.2, 0.25) is 0 Å². The van der Waals surface area contributed by atoms with Crippen LogP contribution in [0.4, 0.5) is 4.79 Å². The highest BCUT2D eigenvalue weighted by Gasteiger charge is 2.46. The van der Waals surface area contributed by atoms with Gasteiger partial charge in [-0.3, -0.25) is 0 Å². The summed E-state index contributed by atoms with van der Waals surface area (Å²) in [7, 11) is 0. The minimum atomic E-state index is -0.461. The molecule has 0 spiro atoms. The Morgan fingerprint density at radius 3 is 2.52 bits per heavy atom. The first kappa shape index (κ1) is 16.8. The Labute approximate surface area is 148 Å². The van der Waals surface area contributed by atoms with Gasteiger partial charge in [-0.15, -0.1) is 0 Å². The van der Waals surface area contributed by atoms with Crippen LogP contribution < -0.4 is 0 Å². The van der Waals surface area contributed by atoms with E-state index in [0.717, 1.165) is 51.0 Å². The fraction of sp³-hybridized carbons (Fsp3) is 0.833. The summed E-state index contributed by atoms with van der Waals surface area (Å²) in [5.41, 5.74) is -0.461. The molecule has 0 radical (unpaired) electrons. The summed E-state index contributed by atoms with van der Waals surface area (Å²) in [5, 5.41) is 4.21. The third-order valence-corrected chi connectivity index (χ3v) is 5.37. The summed E-state index contributed by atoms with van der Waals surface area (Å²) in [4.78, 5) is 19.1. The van der Waals surface area contributed by atoms with Gasteiger partial charge in [0.1, 0.15) is 11.7 Å². The largest absolute Gasteiger partial charge is 0.444 e. The van der Waals surface area contributed by atoms with E-state index in [9.17, 15) is 4.79 Å². The van der Waals surface area contributed by atoms with Crippen LogP contribution in [0.1, 0.15) is 83.0 Å². The molecular formula is C18H27N3O4. The molecule has 1 aromatic rings. The third-order valence-electron chi connectivity index (χ3n) is 5.37. The maximum atomic E-state index is 12.5. The number of hydrogen-bond donors (Lipinski definition) is 0. The van der Waals surface area contributed by atoms with Crippen molar-refractivity contribution in [2.75, 3.05) is 6.61 Å². The summed E-state index contributed by atoms with van der Waals surface area (Å²) in [6, 6.07) is 0.423. The molecule has 2 bridgehead atoms. The zero-order valence-electron chi connectivity index (χ0n) is 15.2. The van der Waals surface area contributed by atoms with Crippen molar-refractivity contribution in [1.82, 2.24) is 15.0 Å². The van der Waals surface area contributed by atoms with Crippen molar-refractivity contribution < 1.29 is 18.8 Å². The van der Waals surface area contributed by atoms with Crippen LogP contribution in [-0.4, -0.2) is 45.4 Å². The third kappa shape index (κ3) is 3.38. The lowest BCUT2D eigenvalue weighted by Crippen LogP contribution is -2.48. The Kier molecular flexibility index (Phi) is 4.22. The van der Waals surface area contributed by atoms with Crippen LogP contribution in [0.3, 0.4) is 0 Å². The monoisotopic (exact) mass is 349 g/mol. The van der Waals surface area contributed by atoms with Crippen molar-refractivity contribution in [1.29, 1.82) is 0 Å². The number of carbonyl (C=O) groups is 1. The molecule has 3 fully saturated rings. The van der Waals surface area contributed by atoms with Crippen molar-refractivity contribution in [3.05, 3.63) is 11.7 Å². The maximum Gasteiger partial charge on any atom is 0.410 e. The minimum Gasteiger partial charge on any atom is -0.444 e. The number of hydrogen-bond acceptors (Lipinski definition) is 6. The molecule has 3 atom stereocenters. The first-order valence-electron chi connectivity index (χ1n) is 9.37. The Morgan fingerprint density at radius 1 is 1.20 bits per heavy atom. The molecule has 3 saturated heterocycles. The molecule has 0 N–H and O–H groups in total. The molecule has 0 aliphatic carbocycles. The van der Waals surface area contributed by atoms with Crippen LogP contribution in [0.15, 0.2) is 4.52 Å². The number of fused-ring (bicyclic) bond motifs is 2. The molecular weight excluding hydrogens is 322 g/mol. The normalized spacial score (nSPS) is 32.2. The number of carbonyl (C=O) groups excluding carboxylic acids is 1. The lowest BCUT2D eigenvalue weighted by molar-refractivity contribution is 0.00548. The molecule has 138 valence electrons. The lowest BCUT2D eigenvalue weighted by atomic mass is 9.90. The topological polar surface area (TPSA) is 77.7 Å². The Morgan fingerprint density at radius 2 is 1.92 bits per heavy atom. The zero-order valence-corrected chi connectivity index (χ0v) is 15.2. The van der Waals surface area contributed by atoms with E-state index in [4.69, 9.17) is 14.0 Å². The number of rotatable bonds is 2. The van der Waals surface area contributed by atoms with Gasteiger partial charge in [0.05, 0.1) is 0 Å². The molecule has 0 aromatic carbocycles. The predicted molar refractivity (Wildman–Crippen MR) is 89.1 cm³/mol. The van der Waals surface area contributed by atoms with E-state index >= 15 is 0 Å². The van der Waals surface area contributed by atoms with E-state index in [1.54, 1.807) is 0 Å². The number of piperidine rings is 1. The summed E-state index contributed by atoms with van der Waals surface area (Å²) >= 11 is 0. The number of amides is 1. The summed E-state index contributed by atoms with van der Waals surface area (Å²) in [5.74, 6) is 1.62. The summed E-state index contributed by atoms with van der Waals surface area (Å²) in [6.07, 6.45) is 5.56. The van der Waals surface area contributed by atoms with E-state index in [-0.39, 0.29) is 30.2 Å². The molecule has 1 aromatic heterocycles. The van der Waals surface area contributed by atoms with Crippen LogP contribution >= 0.6 is 0 Å². The highest BCUT2D eigenvalue weighted by Crippen LogP contribution is 2.43. The summed E-state index contributed by atoms with van der Waals surface area (Å²) < 4.78 is 16.7. The smallest absolute Gasteiger partial charge is 0.410 e. The molecule has 1 amide bonds. The second-order valence-electron chi connectivity index (χ2n) is 8.43. The highest BCUT2D eigenvalue weighted by molar-refractivity contribution is 5.69. The van der Waals surface area contributed by atoms with Crippen molar-refractivity contribution >= 4 is 6.09 Å². The van der Waals surface area contributed by atoms with Gasteiger partial charge < -0.3 is 18.9 Å². The molecule has 25 heavy (non-hydrogen) atoms. The van der Waals surface area contributed by atoms with Gasteiger partial charge in [0.2, 0.25) is 0 Å². The van der Waals surface area contributed by atoms with Crippen LogP contribution in [-0.2, 0) is 9.47 Å². The van der Waals surface area contributed by atoms with Gasteiger partial charge in [-0.2, -0.15) is 4.98 Å². The molecule has 7 heteroatoms. The fourth-order valence-electron chi connectivity index (χ4n) is 4.32. The van der Waals surface area contributed by atoms with E-state index in [0.29, 0.717) is 5.89 Å². The Hall–Kier alpha value is -1.63. The Balaban J connectivity index is 1.44. The maximum absolute atomic E-state index is 12.5. The molecule has 4 heterocycles. The van der Waals surface area contributed by atoms with E-state index < -0.39 is 5.60 Å². The average molecular weight is 349 g/mol. The van der Waals surface area contributed by atoms with Crippen LogP contribution in [0, 0.1) is 0 Å². The van der Waals surface area contributed by atoms with E-state index in [2.05, 4.69) is 10.1 Å².